The normalized spacial score (nSPS) is 22.9. The molecule has 0 atom stereocenters. The van der Waals surface area contributed by atoms with Gasteiger partial charge in [0.1, 0.15) is 0 Å². The van der Waals surface area contributed by atoms with E-state index in [2.05, 4.69) is 10.3 Å². The van der Waals surface area contributed by atoms with Crippen LogP contribution >= 0.6 is 0 Å². The molecule has 2 rings (SSSR count). The molecular weight excluding hydrogens is 250 g/mol. The van der Waals surface area contributed by atoms with Gasteiger partial charge in [-0.05, 0) is 32.1 Å². The van der Waals surface area contributed by atoms with E-state index in [0.717, 1.165) is 19.6 Å². The lowest BCUT2D eigenvalue weighted by Gasteiger charge is -2.16. The summed E-state index contributed by atoms with van der Waals surface area (Å²) in [4.78, 5) is 4.42. The third kappa shape index (κ3) is 6.12. The predicted octanol–water partition coefficient (Wildman–Crippen LogP) is 2.96. The molecule has 0 radical (unpaired) electrons. The fourth-order valence-corrected chi connectivity index (χ4v) is 3.25. The molecule has 0 bridgehead atoms. The highest BCUT2D eigenvalue weighted by atomic mass is 16.5. The first-order valence-electron chi connectivity index (χ1n) is 8.52. The van der Waals surface area contributed by atoms with Gasteiger partial charge in [-0.25, -0.2) is 0 Å². The molecule has 0 aromatic rings. The van der Waals surface area contributed by atoms with E-state index >= 15 is 0 Å². The zero-order chi connectivity index (χ0) is 14.0. The molecule has 20 heavy (non-hydrogen) atoms. The molecule has 4 nitrogen and oxygen atoms in total. The van der Waals surface area contributed by atoms with Gasteiger partial charge in [0.2, 0.25) is 0 Å². The Bertz CT molecular complexity index is 279. The fourth-order valence-electron chi connectivity index (χ4n) is 3.25. The van der Waals surface area contributed by atoms with Crippen LogP contribution in [0.25, 0.3) is 0 Å². The lowest BCUT2D eigenvalue weighted by molar-refractivity contribution is 0.0579. The summed E-state index contributed by atoms with van der Waals surface area (Å²) >= 11 is 0. The molecule has 0 aromatic carbocycles. The van der Waals surface area contributed by atoms with Gasteiger partial charge >= 0.3 is 0 Å². The average molecular weight is 281 g/mol. The van der Waals surface area contributed by atoms with Crippen molar-refractivity contribution in [3.8, 4) is 0 Å². The van der Waals surface area contributed by atoms with Gasteiger partial charge in [0.25, 0.3) is 0 Å². The van der Waals surface area contributed by atoms with Crippen LogP contribution in [0.2, 0.25) is 0 Å². The maximum atomic E-state index is 5.96. The number of hydrogen-bond acceptors (Lipinski definition) is 2. The molecule has 116 valence electrons. The van der Waals surface area contributed by atoms with Crippen molar-refractivity contribution in [2.24, 2.45) is 10.7 Å². The van der Waals surface area contributed by atoms with E-state index in [9.17, 15) is 0 Å². The first-order chi connectivity index (χ1) is 9.84. The van der Waals surface area contributed by atoms with E-state index in [1.54, 1.807) is 0 Å². The highest BCUT2D eigenvalue weighted by Crippen LogP contribution is 2.20. The van der Waals surface area contributed by atoms with Gasteiger partial charge in [-0.1, -0.05) is 38.5 Å². The van der Waals surface area contributed by atoms with Crippen molar-refractivity contribution >= 4 is 5.96 Å². The Morgan fingerprint density at radius 1 is 1.00 bits per heavy atom. The highest BCUT2D eigenvalue weighted by Gasteiger charge is 2.14. The molecule has 2 saturated carbocycles. The minimum atomic E-state index is 0.514. The van der Waals surface area contributed by atoms with Crippen molar-refractivity contribution in [1.29, 1.82) is 0 Å². The van der Waals surface area contributed by atoms with Crippen LogP contribution in [0.4, 0.5) is 0 Å². The fraction of sp³-hybridized carbons (Fsp3) is 0.938. The molecule has 3 N–H and O–H groups in total. The van der Waals surface area contributed by atoms with E-state index in [4.69, 9.17) is 10.5 Å². The Balaban J connectivity index is 1.53. The second-order valence-corrected chi connectivity index (χ2v) is 6.23. The first-order valence-corrected chi connectivity index (χ1v) is 8.52. The molecule has 0 heterocycles. The summed E-state index contributed by atoms with van der Waals surface area (Å²) in [6.07, 6.45) is 14.5. The number of rotatable bonds is 6. The smallest absolute Gasteiger partial charge is 0.188 e. The predicted molar refractivity (Wildman–Crippen MR) is 83.9 cm³/mol. The quantitative estimate of drug-likeness (QED) is 0.340. The Morgan fingerprint density at radius 3 is 2.35 bits per heavy atom. The number of nitrogens with zero attached hydrogens (tertiary/aromatic N) is 1. The number of ether oxygens (including phenoxy) is 1. The van der Waals surface area contributed by atoms with Crippen molar-refractivity contribution in [3.63, 3.8) is 0 Å². The van der Waals surface area contributed by atoms with E-state index in [1.165, 1.54) is 64.2 Å². The maximum absolute atomic E-state index is 5.96. The second kappa shape index (κ2) is 9.22. The average Bonchev–Trinajstić information content (AvgIpc) is 2.83. The first kappa shape index (κ1) is 15.6. The van der Waals surface area contributed by atoms with E-state index in [0.29, 0.717) is 18.1 Å². The van der Waals surface area contributed by atoms with Crippen molar-refractivity contribution in [1.82, 2.24) is 5.32 Å². The van der Waals surface area contributed by atoms with E-state index in [1.807, 2.05) is 0 Å². The number of guanidine groups is 1. The summed E-state index contributed by atoms with van der Waals surface area (Å²) in [5.41, 5.74) is 5.96. The van der Waals surface area contributed by atoms with Crippen LogP contribution in [0.3, 0.4) is 0 Å². The van der Waals surface area contributed by atoms with Crippen LogP contribution in [0, 0.1) is 0 Å². The van der Waals surface area contributed by atoms with Crippen LogP contribution in [-0.4, -0.2) is 31.3 Å². The zero-order valence-corrected chi connectivity index (χ0v) is 12.8. The minimum Gasteiger partial charge on any atom is -0.378 e. The lowest BCUT2D eigenvalue weighted by Crippen LogP contribution is -2.39. The van der Waals surface area contributed by atoms with Crippen LogP contribution < -0.4 is 11.1 Å². The van der Waals surface area contributed by atoms with Crippen molar-refractivity contribution in [3.05, 3.63) is 0 Å². The third-order valence-electron chi connectivity index (χ3n) is 4.45. The summed E-state index contributed by atoms with van der Waals surface area (Å²) in [5.74, 6) is 0.623. The van der Waals surface area contributed by atoms with Crippen LogP contribution in [-0.2, 0) is 4.74 Å². The molecule has 0 unspecified atom stereocenters. The van der Waals surface area contributed by atoms with Gasteiger partial charge in [-0.15, -0.1) is 0 Å². The molecule has 0 aliphatic heterocycles. The van der Waals surface area contributed by atoms with E-state index < -0.39 is 0 Å². The number of nitrogens with one attached hydrogen (secondary N) is 1. The van der Waals surface area contributed by atoms with Gasteiger partial charge in [0, 0.05) is 19.2 Å². The molecular formula is C16H31N3O. The van der Waals surface area contributed by atoms with Gasteiger partial charge in [-0.3, -0.25) is 4.99 Å². The third-order valence-corrected chi connectivity index (χ3v) is 4.45. The monoisotopic (exact) mass is 281 g/mol. The Kier molecular flexibility index (Phi) is 7.20. The van der Waals surface area contributed by atoms with E-state index in [-0.39, 0.29) is 0 Å². The molecule has 2 aliphatic rings. The molecule has 0 spiro atoms. The Morgan fingerprint density at radius 2 is 1.65 bits per heavy atom. The topological polar surface area (TPSA) is 59.6 Å². The molecule has 4 heteroatoms. The van der Waals surface area contributed by atoms with Crippen LogP contribution in [0.5, 0.6) is 0 Å². The maximum Gasteiger partial charge on any atom is 0.188 e. The van der Waals surface area contributed by atoms with Crippen molar-refractivity contribution in [2.45, 2.75) is 82.8 Å². The largest absolute Gasteiger partial charge is 0.378 e. The van der Waals surface area contributed by atoms with Crippen molar-refractivity contribution in [2.75, 3.05) is 13.2 Å². The minimum absolute atomic E-state index is 0.514. The van der Waals surface area contributed by atoms with Crippen LogP contribution in [0.15, 0.2) is 4.99 Å². The molecule has 2 fully saturated rings. The van der Waals surface area contributed by atoms with Gasteiger partial charge in [0.15, 0.2) is 5.96 Å². The lowest BCUT2D eigenvalue weighted by atomic mass is 10.1. The summed E-state index contributed by atoms with van der Waals surface area (Å²) in [6, 6.07) is 0.538. The number of nitrogens with two attached hydrogens (primary N) is 1. The zero-order valence-electron chi connectivity index (χ0n) is 12.8. The van der Waals surface area contributed by atoms with Crippen molar-refractivity contribution < 1.29 is 4.74 Å². The van der Waals surface area contributed by atoms with Gasteiger partial charge in [-0.2, -0.15) is 0 Å². The summed E-state index contributed by atoms with van der Waals surface area (Å²) in [6.45, 7) is 1.60. The number of aliphatic imine (C=N–C) groups is 1. The highest BCUT2D eigenvalue weighted by molar-refractivity contribution is 5.78. The summed E-state index contributed by atoms with van der Waals surface area (Å²) in [5, 5.41) is 3.38. The molecule has 0 aromatic heterocycles. The molecule has 0 saturated heterocycles. The summed E-state index contributed by atoms with van der Waals surface area (Å²) in [7, 11) is 0. The van der Waals surface area contributed by atoms with Crippen LogP contribution in [0.1, 0.15) is 70.6 Å². The standard InChI is InChI=1S/C16H31N3O/c17-16(19-14-8-3-1-2-4-9-14)18-12-7-13-20-15-10-5-6-11-15/h14-15H,1-13H2,(H3,17,18,19). The SMILES string of the molecule is NC(=NCCCOC1CCCC1)NC1CCCCCC1. The van der Waals surface area contributed by atoms with Gasteiger partial charge in [0.05, 0.1) is 6.10 Å². The number of hydrogen-bond donors (Lipinski definition) is 2. The van der Waals surface area contributed by atoms with Gasteiger partial charge < -0.3 is 15.8 Å². The Labute approximate surface area is 123 Å². The molecule has 2 aliphatic carbocycles. The molecule has 0 amide bonds. The Hall–Kier alpha value is -0.770. The summed E-state index contributed by atoms with van der Waals surface area (Å²) < 4.78 is 5.82. The second-order valence-electron chi connectivity index (χ2n) is 6.23.